The summed E-state index contributed by atoms with van der Waals surface area (Å²) in [5.41, 5.74) is 14.5. The van der Waals surface area contributed by atoms with E-state index in [2.05, 4.69) is 19.8 Å². The monoisotopic (exact) mass is 396 g/mol. The molecule has 16 heteroatoms. The third kappa shape index (κ3) is 2.67. The maximum absolute atomic E-state index is 11.1. The van der Waals surface area contributed by atoms with E-state index in [1.807, 2.05) is 0 Å². The molecule has 146 valence electrons. The molecule has 0 aromatic rings. The Morgan fingerprint density at radius 3 is 2.65 bits per heavy atom. The number of guanidine groups is 2. The van der Waals surface area contributed by atoms with Crippen molar-refractivity contribution in [2.45, 2.75) is 36.2 Å². The zero-order chi connectivity index (χ0) is 19.5. The number of nitrogens with two attached hydrogens (primary N) is 3. The number of nitrogens with one attached hydrogen (secondary N) is 2. The van der Waals surface area contributed by atoms with E-state index in [0.717, 1.165) is 4.58 Å². The van der Waals surface area contributed by atoms with Gasteiger partial charge in [-0.15, -0.1) is 0 Å². The Bertz CT molecular complexity index is 810. The molecule has 3 aliphatic heterocycles. The molecule has 1 spiro atoms. The summed E-state index contributed by atoms with van der Waals surface area (Å²) in [4.78, 5) is 14.9. The molecule has 1 amide bonds. The van der Waals surface area contributed by atoms with E-state index in [-0.39, 0.29) is 18.5 Å². The maximum atomic E-state index is 11.1. The van der Waals surface area contributed by atoms with Crippen LogP contribution in [0.15, 0.2) is 4.99 Å². The minimum Gasteiger partial charge on any atom is -0.446 e. The number of nitrogens with zero attached hydrogens (tertiary/aromatic N) is 2. The van der Waals surface area contributed by atoms with Crippen molar-refractivity contribution in [2.75, 3.05) is 6.61 Å². The van der Waals surface area contributed by atoms with Crippen LogP contribution in [0.2, 0.25) is 0 Å². The fourth-order valence-electron chi connectivity index (χ4n) is 3.58. The van der Waals surface area contributed by atoms with Crippen LogP contribution in [0.4, 0.5) is 4.79 Å². The number of amides is 1. The Hall–Kier alpha value is -2.40. The molecule has 4 atom stereocenters. The molecule has 1 unspecified atom stereocenters. The van der Waals surface area contributed by atoms with E-state index in [0.29, 0.717) is 0 Å². The van der Waals surface area contributed by atoms with Crippen molar-refractivity contribution < 1.29 is 41.5 Å². The molecular weight excluding hydrogens is 378 g/mol. The van der Waals surface area contributed by atoms with Gasteiger partial charge in [-0.05, 0) is 0 Å². The summed E-state index contributed by atoms with van der Waals surface area (Å²) in [6, 6.07) is -2.00. The van der Waals surface area contributed by atoms with Crippen LogP contribution in [0, 0.1) is 0 Å². The Morgan fingerprint density at radius 1 is 1.42 bits per heavy atom. The highest BCUT2D eigenvalue weighted by Gasteiger charge is 2.74. The van der Waals surface area contributed by atoms with Crippen LogP contribution in [-0.4, -0.2) is 82.1 Å². The lowest BCUT2D eigenvalue weighted by molar-refractivity contribution is -0.672. The molecule has 1 saturated heterocycles. The molecule has 0 aliphatic carbocycles. The van der Waals surface area contributed by atoms with E-state index in [9.17, 15) is 23.4 Å². The highest BCUT2D eigenvalue weighted by molar-refractivity contribution is 7.80. The average molecular weight is 396 g/mol. The van der Waals surface area contributed by atoms with Gasteiger partial charge in [-0.3, -0.25) is 15.6 Å². The van der Waals surface area contributed by atoms with E-state index in [1.54, 1.807) is 0 Å². The van der Waals surface area contributed by atoms with Crippen LogP contribution in [-0.2, 0) is 19.3 Å². The maximum Gasteiger partial charge on any atom is 0.404 e. The predicted octanol–water partition coefficient (Wildman–Crippen LogP) is -5.41. The van der Waals surface area contributed by atoms with Crippen molar-refractivity contribution >= 4 is 28.4 Å². The highest BCUT2D eigenvalue weighted by atomic mass is 32.3. The number of carbonyl (C=O) groups is 1. The van der Waals surface area contributed by atoms with E-state index in [4.69, 9.17) is 26.5 Å². The standard InChI is InChI=1S/C10H17N7O8S/c11-6-15-5-3(2-24-8(13)18)14-7(12)17-4(25-26(21,22)23)1-9(19,20)10(5,17)16-6/h3-5,19-20H,1-2H2,(H8,11,12,13,14,15,16,18,21,22,23)/p+1/t3-,4?,5-,10-/m0/s1. The number of carbonyl (C=O) groups excluding carboxylic acids is 1. The lowest BCUT2D eigenvalue weighted by atomic mass is 9.87. The van der Waals surface area contributed by atoms with Gasteiger partial charge in [0.1, 0.15) is 12.6 Å². The van der Waals surface area contributed by atoms with Gasteiger partial charge in [0.2, 0.25) is 17.7 Å². The topological polar surface area (TPSA) is 248 Å². The van der Waals surface area contributed by atoms with E-state index < -0.39 is 52.7 Å². The molecule has 15 nitrogen and oxygen atoms in total. The molecular formula is C10H18N7O8S+. The Labute approximate surface area is 146 Å². The summed E-state index contributed by atoms with van der Waals surface area (Å²) in [5, 5.41) is 26.4. The smallest absolute Gasteiger partial charge is 0.404 e. The second-order valence-corrected chi connectivity index (χ2v) is 7.03. The van der Waals surface area contributed by atoms with Crippen LogP contribution in [0.1, 0.15) is 6.42 Å². The summed E-state index contributed by atoms with van der Waals surface area (Å²) < 4.78 is 41.3. The first-order valence-electron chi connectivity index (χ1n) is 7.20. The van der Waals surface area contributed by atoms with Gasteiger partial charge in [-0.25, -0.2) is 18.5 Å². The van der Waals surface area contributed by atoms with Crippen LogP contribution < -0.4 is 27.8 Å². The van der Waals surface area contributed by atoms with Gasteiger partial charge >= 0.3 is 22.5 Å². The molecule has 0 radical (unpaired) electrons. The van der Waals surface area contributed by atoms with Crippen molar-refractivity contribution in [3.63, 3.8) is 0 Å². The number of hydrogen-bond donors (Lipinski definition) is 8. The molecule has 0 bridgehead atoms. The molecule has 1 fully saturated rings. The third-order valence-electron chi connectivity index (χ3n) is 4.37. The minimum atomic E-state index is -4.96. The fourth-order valence-corrected chi connectivity index (χ4v) is 4.02. The first-order valence-corrected chi connectivity index (χ1v) is 8.56. The molecule has 11 N–H and O–H groups in total. The number of hydrogen-bond acceptors (Lipinski definition) is 12. The average Bonchev–Trinajstić information content (AvgIpc) is 2.89. The lowest BCUT2D eigenvalue weighted by Gasteiger charge is -2.42. The Kier molecular flexibility index (Phi) is 3.92. The van der Waals surface area contributed by atoms with Crippen molar-refractivity contribution in [1.29, 1.82) is 0 Å². The largest absolute Gasteiger partial charge is 0.446 e. The van der Waals surface area contributed by atoms with E-state index in [1.165, 1.54) is 0 Å². The molecule has 3 rings (SSSR count). The van der Waals surface area contributed by atoms with Gasteiger partial charge in [0.15, 0.2) is 12.0 Å². The molecule has 0 saturated carbocycles. The third-order valence-corrected chi connectivity index (χ3v) is 4.84. The number of aliphatic imine (C=N–C) groups is 1. The summed E-state index contributed by atoms with van der Waals surface area (Å²) >= 11 is 0. The van der Waals surface area contributed by atoms with Crippen molar-refractivity contribution in [2.24, 2.45) is 22.2 Å². The van der Waals surface area contributed by atoms with Crippen LogP contribution in [0.5, 0.6) is 0 Å². The van der Waals surface area contributed by atoms with Crippen LogP contribution in [0.3, 0.4) is 0 Å². The second-order valence-electron chi connectivity index (χ2n) is 5.99. The Morgan fingerprint density at radius 2 is 2.08 bits per heavy atom. The summed E-state index contributed by atoms with van der Waals surface area (Å²) in [6.07, 6.45) is -3.38. The van der Waals surface area contributed by atoms with Gasteiger partial charge < -0.3 is 31.7 Å². The number of rotatable bonds is 4. The Balaban J connectivity index is 2.08. The summed E-state index contributed by atoms with van der Waals surface area (Å²) in [5.74, 6) is -3.13. The van der Waals surface area contributed by atoms with Gasteiger partial charge in [-0.1, -0.05) is 0 Å². The highest BCUT2D eigenvalue weighted by Crippen LogP contribution is 2.44. The van der Waals surface area contributed by atoms with E-state index >= 15 is 0 Å². The molecule has 0 aromatic heterocycles. The van der Waals surface area contributed by atoms with Crippen LogP contribution >= 0.6 is 0 Å². The zero-order valence-electron chi connectivity index (χ0n) is 13.1. The number of primary amides is 1. The van der Waals surface area contributed by atoms with Gasteiger partial charge in [0.05, 0.1) is 6.42 Å². The quantitative estimate of drug-likeness (QED) is 0.126. The van der Waals surface area contributed by atoms with Crippen molar-refractivity contribution in [3.8, 4) is 0 Å². The first kappa shape index (κ1) is 18.4. The fraction of sp³-hybridized carbons (Fsp3) is 0.700. The lowest BCUT2D eigenvalue weighted by Crippen LogP contribution is -2.78. The normalized spacial score (nSPS) is 35.0. The van der Waals surface area contributed by atoms with Crippen LogP contribution in [0.25, 0.3) is 0 Å². The van der Waals surface area contributed by atoms with Gasteiger partial charge in [0, 0.05) is 0 Å². The summed E-state index contributed by atoms with van der Waals surface area (Å²) in [6.45, 7) is -0.353. The SMILES string of the molecule is NC(=O)OC[C@@H]1NC(N)=[N+]2C(OS(=O)(=O)O)CC(O)(O)[C@@]23NC(N)=N[C@@H]13. The minimum absolute atomic E-state index is 0.208. The first-order chi connectivity index (χ1) is 11.9. The molecule has 3 heterocycles. The number of aliphatic hydroxyl groups is 2. The van der Waals surface area contributed by atoms with Crippen molar-refractivity contribution in [3.05, 3.63) is 0 Å². The number of ether oxygens (including phenoxy) is 1. The molecule has 26 heavy (non-hydrogen) atoms. The van der Waals surface area contributed by atoms with Gasteiger partial charge in [-0.2, -0.15) is 8.42 Å². The zero-order valence-corrected chi connectivity index (χ0v) is 13.9. The molecule has 3 aliphatic rings. The van der Waals surface area contributed by atoms with Gasteiger partial charge in [0.25, 0.3) is 0 Å². The second kappa shape index (κ2) is 5.55. The summed E-state index contributed by atoms with van der Waals surface area (Å²) in [7, 11) is -4.96. The molecule has 0 aromatic carbocycles. The van der Waals surface area contributed by atoms with Crippen molar-refractivity contribution in [1.82, 2.24) is 10.6 Å². The predicted molar refractivity (Wildman–Crippen MR) is 81.4 cm³/mol.